The maximum atomic E-state index is 12.3. The van der Waals surface area contributed by atoms with Crippen molar-refractivity contribution in [2.24, 2.45) is 19.8 Å². The Labute approximate surface area is 124 Å². The molecule has 0 spiro atoms. The predicted octanol–water partition coefficient (Wildman–Crippen LogP) is 0.313. The first-order valence-corrected chi connectivity index (χ1v) is 8.08. The van der Waals surface area contributed by atoms with Gasteiger partial charge >= 0.3 is 0 Å². The van der Waals surface area contributed by atoms with Crippen LogP contribution in [0.5, 0.6) is 0 Å². The molecule has 2 heterocycles. The Balaban J connectivity index is 2.21. The maximum absolute atomic E-state index is 12.3. The lowest BCUT2D eigenvalue weighted by molar-refractivity contribution is 0.581. The minimum absolute atomic E-state index is 0.223. The summed E-state index contributed by atoms with van der Waals surface area (Å²) in [6.45, 7) is 4.30. The van der Waals surface area contributed by atoms with Crippen LogP contribution < -0.4 is 10.5 Å². The van der Waals surface area contributed by atoms with Gasteiger partial charge in [0.25, 0.3) is 0 Å². The zero-order valence-electron chi connectivity index (χ0n) is 12.7. The lowest BCUT2D eigenvalue weighted by Crippen LogP contribution is -2.23. The summed E-state index contributed by atoms with van der Waals surface area (Å²) in [5.41, 5.74) is 9.01. The van der Waals surface area contributed by atoms with Gasteiger partial charge in [-0.25, -0.2) is 13.1 Å². The molecule has 0 bridgehead atoms. The van der Waals surface area contributed by atoms with Gasteiger partial charge in [0.2, 0.25) is 10.0 Å². The van der Waals surface area contributed by atoms with Gasteiger partial charge in [0.1, 0.15) is 0 Å². The second-order valence-corrected chi connectivity index (χ2v) is 6.85. The summed E-state index contributed by atoms with van der Waals surface area (Å²) in [5, 5.41) is 4.28. The van der Waals surface area contributed by atoms with Crippen molar-refractivity contribution in [3.05, 3.63) is 34.9 Å². The lowest BCUT2D eigenvalue weighted by atomic mass is 10.2. The van der Waals surface area contributed by atoms with E-state index in [1.54, 1.807) is 28.6 Å². The Hall–Kier alpha value is -1.64. The molecule has 116 valence electrons. The molecule has 0 unspecified atom stereocenters. The van der Waals surface area contributed by atoms with Crippen molar-refractivity contribution in [1.82, 2.24) is 19.1 Å². The van der Waals surface area contributed by atoms with Gasteiger partial charge in [-0.05, 0) is 19.9 Å². The minimum Gasteiger partial charge on any atom is -0.352 e. The molecule has 0 aliphatic carbocycles. The molecule has 0 saturated carbocycles. The van der Waals surface area contributed by atoms with Gasteiger partial charge in [0.05, 0.1) is 10.6 Å². The fraction of sp³-hybridized carbons (Fsp3) is 0.462. The molecule has 8 heteroatoms. The number of hydrogen-bond acceptors (Lipinski definition) is 4. The molecule has 0 aliphatic heterocycles. The number of rotatable bonds is 5. The Morgan fingerprint density at radius 3 is 2.48 bits per heavy atom. The molecule has 7 nitrogen and oxygen atoms in total. The quantitative estimate of drug-likeness (QED) is 0.831. The standard InChI is InChI=1S/C13H21N5O2S/c1-9-13(10(2)18(4)16-9)7-15-21(19,20)12-5-11(6-14)17(3)8-12/h5,8,15H,6-7,14H2,1-4H3. The minimum atomic E-state index is -3.56. The summed E-state index contributed by atoms with van der Waals surface area (Å²) < 4.78 is 30.7. The molecule has 2 aromatic heterocycles. The van der Waals surface area contributed by atoms with E-state index in [9.17, 15) is 8.42 Å². The van der Waals surface area contributed by atoms with Crippen LogP contribution in [-0.4, -0.2) is 22.8 Å². The van der Waals surface area contributed by atoms with Crippen molar-refractivity contribution >= 4 is 10.0 Å². The highest BCUT2D eigenvalue weighted by molar-refractivity contribution is 7.89. The number of nitrogens with two attached hydrogens (primary N) is 1. The molecule has 0 radical (unpaired) electrons. The number of nitrogens with one attached hydrogen (secondary N) is 1. The van der Waals surface area contributed by atoms with E-state index in [0.717, 1.165) is 22.6 Å². The molecular weight excluding hydrogens is 290 g/mol. The number of nitrogens with zero attached hydrogens (tertiary/aromatic N) is 3. The predicted molar refractivity (Wildman–Crippen MR) is 80.0 cm³/mol. The Morgan fingerprint density at radius 2 is 2.00 bits per heavy atom. The van der Waals surface area contributed by atoms with Crippen molar-refractivity contribution in [2.45, 2.75) is 31.8 Å². The van der Waals surface area contributed by atoms with Crippen LogP contribution in [0, 0.1) is 13.8 Å². The normalized spacial score (nSPS) is 12.0. The number of hydrogen-bond donors (Lipinski definition) is 2. The van der Waals surface area contributed by atoms with Gasteiger partial charge in [-0.1, -0.05) is 0 Å². The van der Waals surface area contributed by atoms with Crippen LogP contribution in [0.25, 0.3) is 0 Å². The summed E-state index contributed by atoms with van der Waals surface area (Å²) in [6.07, 6.45) is 1.56. The topological polar surface area (TPSA) is 94.9 Å². The molecule has 0 atom stereocenters. The van der Waals surface area contributed by atoms with Crippen molar-refractivity contribution in [3.63, 3.8) is 0 Å². The van der Waals surface area contributed by atoms with Crippen LogP contribution in [0.3, 0.4) is 0 Å². The second kappa shape index (κ2) is 5.63. The lowest BCUT2D eigenvalue weighted by Gasteiger charge is -2.05. The van der Waals surface area contributed by atoms with Crippen LogP contribution in [-0.2, 0) is 37.2 Å². The van der Waals surface area contributed by atoms with Crippen LogP contribution in [0.2, 0.25) is 0 Å². The number of aromatic nitrogens is 3. The fourth-order valence-electron chi connectivity index (χ4n) is 2.25. The largest absolute Gasteiger partial charge is 0.352 e. The Bertz CT molecular complexity index is 758. The van der Waals surface area contributed by atoms with E-state index in [1.165, 1.54) is 0 Å². The number of aryl methyl sites for hydroxylation is 3. The third-order valence-corrected chi connectivity index (χ3v) is 5.07. The van der Waals surface area contributed by atoms with Crippen molar-refractivity contribution < 1.29 is 8.42 Å². The van der Waals surface area contributed by atoms with Gasteiger partial charge in [-0.3, -0.25) is 4.68 Å². The summed E-state index contributed by atoms with van der Waals surface area (Å²) in [6, 6.07) is 1.59. The van der Waals surface area contributed by atoms with E-state index < -0.39 is 10.0 Å². The van der Waals surface area contributed by atoms with Crippen LogP contribution in [0.15, 0.2) is 17.2 Å². The van der Waals surface area contributed by atoms with Gasteiger partial charge in [0.15, 0.2) is 0 Å². The average molecular weight is 311 g/mol. The molecular formula is C13H21N5O2S. The summed E-state index contributed by atoms with van der Waals surface area (Å²) in [4.78, 5) is 0.227. The van der Waals surface area contributed by atoms with E-state index in [1.807, 2.05) is 20.9 Å². The van der Waals surface area contributed by atoms with Crippen LogP contribution in [0.1, 0.15) is 22.6 Å². The van der Waals surface area contributed by atoms with Gasteiger partial charge in [-0.2, -0.15) is 5.10 Å². The molecule has 0 aromatic carbocycles. The molecule has 2 rings (SSSR count). The zero-order chi connectivity index (χ0) is 15.8. The first-order valence-electron chi connectivity index (χ1n) is 6.60. The maximum Gasteiger partial charge on any atom is 0.242 e. The molecule has 0 fully saturated rings. The third kappa shape index (κ3) is 3.02. The highest BCUT2D eigenvalue weighted by atomic mass is 32.2. The SMILES string of the molecule is Cc1nn(C)c(C)c1CNS(=O)(=O)c1cc(CN)n(C)c1. The molecule has 2 aromatic rings. The smallest absolute Gasteiger partial charge is 0.242 e. The fourth-order valence-corrected chi connectivity index (χ4v) is 3.34. The van der Waals surface area contributed by atoms with E-state index in [2.05, 4.69) is 9.82 Å². The average Bonchev–Trinajstić information content (AvgIpc) is 2.90. The summed E-state index contributed by atoms with van der Waals surface area (Å²) in [7, 11) is 0.0549. The summed E-state index contributed by atoms with van der Waals surface area (Å²) >= 11 is 0. The molecule has 0 aliphatic rings. The third-order valence-electron chi connectivity index (χ3n) is 3.70. The number of sulfonamides is 1. The first-order chi connectivity index (χ1) is 9.76. The Kier molecular flexibility index (Phi) is 4.22. The van der Waals surface area contributed by atoms with Gasteiger partial charge in [0, 0.05) is 50.3 Å². The molecule has 3 N–H and O–H groups in total. The zero-order valence-corrected chi connectivity index (χ0v) is 13.5. The van der Waals surface area contributed by atoms with Crippen molar-refractivity contribution in [3.8, 4) is 0 Å². The van der Waals surface area contributed by atoms with E-state index >= 15 is 0 Å². The van der Waals surface area contributed by atoms with E-state index in [0.29, 0.717) is 6.54 Å². The summed E-state index contributed by atoms with van der Waals surface area (Å²) in [5.74, 6) is 0. The highest BCUT2D eigenvalue weighted by Gasteiger charge is 2.19. The van der Waals surface area contributed by atoms with Crippen LogP contribution >= 0.6 is 0 Å². The van der Waals surface area contributed by atoms with Crippen molar-refractivity contribution in [1.29, 1.82) is 0 Å². The molecule has 0 saturated heterocycles. The molecule has 21 heavy (non-hydrogen) atoms. The van der Waals surface area contributed by atoms with Crippen LogP contribution in [0.4, 0.5) is 0 Å². The van der Waals surface area contributed by atoms with Gasteiger partial charge < -0.3 is 10.3 Å². The van der Waals surface area contributed by atoms with E-state index in [-0.39, 0.29) is 11.4 Å². The van der Waals surface area contributed by atoms with E-state index in [4.69, 9.17) is 5.73 Å². The highest BCUT2D eigenvalue weighted by Crippen LogP contribution is 2.16. The first kappa shape index (κ1) is 15.7. The molecule has 0 amide bonds. The second-order valence-electron chi connectivity index (χ2n) is 5.08. The van der Waals surface area contributed by atoms with Crippen molar-refractivity contribution in [2.75, 3.05) is 0 Å². The Morgan fingerprint density at radius 1 is 1.33 bits per heavy atom. The van der Waals surface area contributed by atoms with Gasteiger partial charge in [-0.15, -0.1) is 0 Å². The monoisotopic (exact) mass is 311 g/mol.